The molecule has 0 unspecified atom stereocenters. The number of nitrogens with two attached hydrogens (primary N) is 1. The summed E-state index contributed by atoms with van der Waals surface area (Å²) in [7, 11) is 0. The standard InChI is InChI=1S/C18H15BrN2O3/c1-2-24-18(23)14-13-5-3-4-10-21(13)16(15(14)20)17(22)11-6-8-12(19)9-7-11/h3-10H,2,20H2,1H3. The fourth-order valence-electron chi connectivity index (χ4n) is 2.62. The molecule has 5 nitrogen and oxygen atoms in total. The Balaban J connectivity index is 2.21. The van der Waals surface area contributed by atoms with E-state index in [4.69, 9.17) is 10.5 Å². The number of esters is 1. The van der Waals surface area contributed by atoms with Crippen molar-refractivity contribution in [3.8, 4) is 0 Å². The number of carbonyl (C=O) groups excluding carboxylic acids is 2. The van der Waals surface area contributed by atoms with Crippen molar-refractivity contribution in [2.75, 3.05) is 12.3 Å². The molecule has 0 aliphatic carbocycles. The summed E-state index contributed by atoms with van der Waals surface area (Å²) in [5.74, 6) is -0.787. The van der Waals surface area contributed by atoms with Gasteiger partial charge in [0.2, 0.25) is 5.78 Å². The summed E-state index contributed by atoms with van der Waals surface area (Å²) >= 11 is 3.34. The molecule has 122 valence electrons. The number of halogens is 1. The monoisotopic (exact) mass is 386 g/mol. The predicted molar refractivity (Wildman–Crippen MR) is 95.3 cm³/mol. The van der Waals surface area contributed by atoms with Crippen molar-refractivity contribution in [1.82, 2.24) is 4.40 Å². The Morgan fingerprint density at radius 2 is 1.88 bits per heavy atom. The van der Waals surface area contributed by atoms with Crippen LogP contribution in [-0.4, -0.2) is 22.8 Å². The Morgan fingerprint density at radius 1 is 1.17 bits per heavy atom. The third-order valence-electron chi connectivity index (χ3n) is 3.68. The van der Waals surface area contributed by atoms with E-state index in [1.54, 1.807) is 60.0 Å². The molecule has 2 heterocycles. The lowest BCUT2D eigenvalue weighted by Crippen LogP contribution is -2.09. The highest BCUT2D eigenvalue weighted by Gasteiger charge is 2.26. The summed E-state index contributed by atoms with van der Waals surface area (Å²) in [6, 6.07) is 12.3. The first-order valence-corrected chi connectivity index (χ1v) is 8.19. The van der Waals surface area contributed by atoms with Gasteiger partial charge < -0.3 is 14.9 Å². The third-order valence-corrected chi connectivity index (χ3v) is 4.21. The molecule has 0 bridgehead atoms. The molecule has 1 aromatic carbocycles. The third kappa shape index (κ3) is 2.69. The quantitative estimate of drug-likeness (QED) is 0.547. The number of fused-ring (bicyclic) bond motifs is 1. The van der Waals surface area contributed by atoms with Crippen molar-refractivity contribution < 1.29 is 14.3 Å². The van der Waals surface area contributed by atoms with Crippen LogP contribution in [0.25, 0.3) is 5.52 Å². The van der Waals surface area contributed by atoms with Gasteiger partial charge >= 0.3 is 5.97 Å². The minimum Gasteiger partial charge on any atom is -0.462 e. The number of benzene rings is 1. The molecule has 0 aliphatic rings. The van der Waals surface area contributed by atoms with Gasteiger partial charge in [0.15, 0.2) is 0 Å². The molecular formula is C18H15BrN2O3. The number of ketones is 1. The second kappa shape index (κ2) is 6.49. The van der Waals surface area contributed by atoms with E-state index in [0.29, 0.717) is 11.1 Å². The number of rotatable bonds is 4. The maximum atomic E-state index is 12.9. The topological polar surface area (TPSA) is 73.8 Å². The molecule has 0 aliphatic heterocycles. The van der Waals surface area contributed by atoms with Crippen LogP contribution in [0.2, 0.25) is 0 Å². The second-order valence-electron chi connectivity index (χ2n) is 5.15. The first kappa shape index (κ1) is 16.3. The van der Waals surface area contributed by atoms with Crippen molar-refractivity contribution in [2.24, 2.45) is 0 Å². The van der Waals surface area contributed by atoms with Gasteiger partial charge in [-0.05, 0) is 43.3 Å². The van der Waals surface area contributed by atoms with Crippen molar-refractivity contribution in [3.63, 3.8) is 0 Å². The van der Waals surface area contributed by atoms with Crippen LogP contribution in [0.4, 0.5) is 5.69 Å². The molecule has 0 atom stereocenters. The average Bonchev–Trinajstić information content (AvgIpc) is 2.87. The lowest BCUT2D eigenvalue weighted by molar-refractivity contribution is 0.0530. The zero-order chi connectivity index (χ0) is 17.3. The second-order valence-corrected chi connectivity index (χ2v) is 6.07. The van der Waals surface area contributed by atoms with Crippen LogP contribution in [0.1, 0.15) is 33.3 Å². The van der Waals surface area contributed by atoms with Crippen LogP contribution in [0.5, 0.6) is 0 Å². The van der Waals surface area contributed by atoms with Gasteiger partial charge in [-0.2, -0.15) is 0 Å². The molecule has 0 spiro atoms. The first-order chi connectivity index (χ1) is 11.5. The number of aromatic nitrogens is 1. The molecule has 0 saturated heterocycles. The number of hydrogen-bond acceptors (Lipinski definition) is 4. The molecule has 3 aromatic rings. The molecule has 3 rings (SSSR count). The van der Waals surface area contributed by atoms with E-state index >= 15 is 0 Å². The van der Waals surface area contributed by atoms with E-state index in [1.807, 2.05) is 0 Å². The van der Waals surface area contributed by atoms with Gasteiger partial charge in [0.25, 0.3) is 0 Å². The summed E-state index contributed by atoms with van der Waals surface area (Å²) < 4.78 is 7.59. The lowest BCUT2D eigenvalue weighted by Gasteiger charge is -2.04. The molecule has 6 heteroatoms. The minimum atomic E-state index is -0.534. The minimum absolute atomic E-state index is 0.132. The van der Waals surface area contributed by atoms with E-state index in [0.717, 1.165) is 4.47 Å². The Kier molecular flexibility index (Phi) is 4.40. The van der Waals surface area contributed by atoms with Crippen LogP contribution in [-0.2, 0) is 4.74 Å². The summed E-state index contributed by atoms with van der Waals surface area (Å²) in [5, 5.41) is 0. The number of carbonyl (C=O) groups is 2. The van der Waals surface area contributed by atoms with Gasteiger partial charge in [0, 0.05) is 16.2 Å². The zero-order valence-corrected chi connectivity index (χ0v) is 14.5. The number of pyridine rings is 1. The largest absolute Gasteiger partial charge is 0.462 e. The van der Waals surface area contributed by atoms with E-state index in [9.17, 15) is 9.59 Å². The normalized spacial score (nSPS) is 10.8. The van der Waals surface area contributed by atoms with Crippen molar-refractivity contribution in [3.05, 3.63) is 70.0 Å². The number of nitrogen functional groups attached to an aromatic ring is 1. The van der Waals surface area contributed by atoms with Crippen LogP contribution < -0.4 is 5.73 Å². The average molecular weight is 387 g/mol. The summed E-state index contributed by atoms with van der Waals surface area (Å²) in [4.78, 5) is 25.2. The Morgan fingerprint density at radius 3 is 2.54 bits per heavy atom. The summed E-state index contributed by atoms with van der Waals surface area (Å²) in [6.45, 7) is 1.96. The number of anilines is 1. The molecule has 2 N–H and O–H groups in total. The Labute approximate surface area is 147 Å². The molecule has 0 saturated carbocycles. The molecule has 0 fully saturated rings. The van der Waals surface area contributed by atoms with Crippen LogP contribution >= 0.6 is 15.9 Å². The number of nitrogens with zero attached hydrogens (tertiary/aromatic N) is 1. The van der Waals surface area contributed by atoms with Crippen LogP contribution in [0, 0.1) is 0 Å². The molecule has 2 aromatic heterocycles. The van der Waals surface area contributed by atoms with Gasteiger partial charge in [-0.3, -0.25) is 4.79 Å². The lowest BCUT2D eigenvalue weighted by atomic mass is 10.1. The Bertz CT molecular complexity index is 929. The van der Waals surface area contributed by atoms with Gasteiger partial charge in [-0.15, -0.1) is 0 Å². The summed E-state index contributed by atoms with van der Waals surface area (Å²) in [6.07, 6.45) is 1.71. The molecule has 24 heavy (non-hydrogen) atoms. The van der Waals surface area contributed by atoms with Gasteiger partial charge in [-0.25, -0.2) is 4.79 Å². The van der Waals surface area contributed by atoms with Gasteiger partial charge in [0.05, 0.1) is 17.8 Å². The fourth-order valence-corrected chi connectivity index (χ4v) is 2.88. The van der Waals surface area contributed by atoms with E-state index in [-0.39, 0.29) is 29.3 Å². The highest BCUT2D eigenvalue weighted by atomic mass is 79.9. The fraction of sp³-hybridized carbons (Fsp3) is 0.111. The SMILES string of the molecule is CCOC(=O)c1c(N)c(C(=O)c2ccc(Br)cc2)n2ccccc12. The maximum Gasteiger partial charge on any atom is 0.342 e. The van der Waals surface area contributed by atoms with Crippen LogP contribution in [0.15, 0.2) is 53.1 Å². The van der Waals surface area contributed by atoms with Crippen molar-refractivity contribution >= 4 is 38.9 Å². The van der Waals surface area contributed by atoms with Crippen LogP contribution in [0.3, 0.4) is 0 Å². The van der Waals surface area contributed by atoms with Gasteiger partial charge in [-0.1, -0.05) is 22.0 Å². The highest BCUT2D eigenvalue weighted by Crippen LogP contribution is 2.29. The highest BCUT2D eigenvalue weighted by molar-refractivity contribution is 9.10. The molecular weight excluding hydrogens is 372 g/mol. The first-order valence-electron chi connectivity index (χ1n) is 7.40. The van der Waals surface area contributed by atoms with E-state index in [2.05, 4.69) is 15.9 Å². The maximum absolute atomic E-state index is 12.9. The smallest absolute Gasteiger partial charge is 0.342 e. The summed E-state index contributed by atoms with van der Waals surface area (Å²) in [5.41, 5.74) is 7.82. The molecule has 0 radical (unpaired) electrons. The number of ether oxygens (including phenoxy) is 1. The van der Waals surface area contributed by atoms with E-state index < -0.39 is 5.97 Å². The molecule has 0 amide bonds. The van der Waals surface area contributed by atoms with Crippen molar-refractivity contribution in [1.29, 1.82) is 0 Å². The number of hydrogen-bond donors (Lipinski definition) is 1. The van der Waals surface area contributed by atoms with Crippen molar-refractivity contribution in [2.45, 2.75) is 6.92 Å². The van der Waals surface area contributed by atoms with Gasteiger partial charge in [0.1, 0.15) is 11.3 Å². The Hall–Kier alpha value is -2.60. The predicted octanol–water partition coefficient (Wildman–Crippen LogP) is 3.69. The van der Waals surface area contributed by atoms with E-state index in [1.165, 1.54) is 0 Å². The zero-order valence-electron chi connectivity index (χ0n) is 13.0.